The summed E-state index contributed by atoms with van der Waals surface area (Å²) in [7, 11) is 0. The first kappa shape index (κ1) is 12.4. The molecule has 1 aromatic heterocycles. The Morgan fingerprint density at radius 2 is 2.29 bits per heavy atom. The minimum Gasteiger partial charge on any atom is -0.378 e. The minimum atomic E-state index is -0.657. The van der Waals surface area contributed by atoms with Crippen LogP contribution in [0.3, 0.4) is 0 Å². The first-order chi connectivity index (χ1) is 8.24. The molecule has 2 heterocycles. The van der Waals surface area contributed by atoms with E-state index in [1.165, 1.54) is 0 Å². The number of imidazole rings is 1. The van der Waals surface area contributed by atoms with E-state index in [0.717, 1.165) is 12.2 Å². The Labute approximate surface area is 105 Å². The maximum Gasteiger partial charge on any atom is 0.246 e. The number of halogens is 1. The van der Waals surface area contributed by atoms with Gasteiger partial charge in [-0.3, -0.25) is 4.79 Å². The number of amides is 1. The third-order valence-electron chi connectivity index (χ3n) is 2.88. The number of rotatable bonds is 3. The highest BCUT2D eigenvalue weighted by Gasteiger charge is 2.27. The highest BCUT2D eigenvalue weighted by atomic mass is 35.5. The lowest BCUT2D eigenvalue weighted by atomic mass is 10.2. The normalized spacial score (nSPS) is 18.1. The van der Waals surface area contributed by atoms with E-state index in [1.54, 1.807) is 17.4 Å². The molecule has 0 bridgehead atoms. The second kappa shape index (κ2) is 5.51. The number of carbonyl (C=O) groups is 1. The van der Waals surface area contributed by atoms with Crippen molar-refractivity contribution in [3.05, 3.63) is 18.2 Å². The number of hydrogen-bond donors (Lipinski definition) is 0. The summed E-state index contributed by atoms with van der Waals surface area (Å²) >= 11 is 6.22. The molecule has 1 amide bonds. The maximum atomic E-state index is 12.2. The first-order valence-electron chi connectivity index (χ1n) is 5.74. The van der Waals surface area contributed by atoms with Crippen LogP contribution in [-0.4, -0.2) is 46.7 Å². The molecule has 0 aromatic carbocycles. The summed E-state index contributed by atoms with van der Waals surface area (Å²) in [5.74, 6) is -0.0647. The summed E-state index contributed by atoms with van der Waals surface area (Å²) < 4.78 is 7.10. The van der Waals surface area contributed by atoms with Crippen molar-refractivity contribution in [3.8, 4) is 0 Å². The molecule has 1 aliphatic rings. The standard InChI is InChI=1S/C11H16ClN3O2/c1-2-14-8-13-7-9(14)10(12)11(16)15-3-5-17-6-4-15/h7-8,10H,2-6H2,1H3. The summed E-state index contributed by atoms with van der Waals surface area (Å²) in [6.07, 6.45) is 3.34. The van der Waals surface area contributed by atoms with Crippen molar-refractivity contribution >= 4 is 17.5 Å². The second-order valence-corrected chi connectivity index (χ2v) is 4.34. The van der Waals surface area contributed by atoms with Gasteiger partial charge in [-0.2, -0.15) is 0 Å². The molecular weight excluding hydrogens is 242 g/mol. The van der Waals surface area contributed by atoms with Crippen molar-refractivity contribution in [2.75, 3.05) is 26.3 Å². The predicted molar refractivity (Wildman–Crippen MR) is 63.9 cm³/mol. The van der Waals surface area contributed by atoms with E-state index in [-0.39, 0.29) is 5.91 Å². The third kappa shape index (κ3) is 2.61. The highest BCUT2D eigenvalue weighted by molar-refractivity contribution is 6.30. The smallest absolute Gasteiger partial charge is 0.246 e. The van der Waals surface area contributed by atoms with E-state index in [1.807, 2.05) is 11.5 Å². The van der Waals surface area contributed by atoms with Crippen molar-refractivity contribution < 1.29 is 9.53 Å². The fourth-order valence-corrected chi connectivity index (χ4v) is 2.20. The number of carbonyl (C=O) groups excluding carboxylic acids is 1. The summed E-state index contributed by atoms with van der Waals surface area (Å²) in [6, 6.07) is 0. The van der Waals surface area contributed by atoms with Crippen molar-refractivity contribution in [1.82, 2.24) is 14.5 Å². The molecule has 1 atom stereocenters. The van der Waals surface area contributed by atoms with Crippen LogP contribution in [0.1, 0.15) is 18.0 Å². The summed E-state index contributed by atoms with van der Waals surface area (Å²) in [6.45, 7) is 5.15. The Bertz CT molecular complexity index is 388. The maximum absolute atomic E-state index is 12.2. The fourth-order valence-electron chi connectivity index (χ4n) is 1.88. The molecule has 0 N–H and O–H groups in total. The number of ether oxygens (including phenoxy) is 1. The number of aromatic nitrogens is 2. The molecular formula is C11H16ClN3O2. The minimum absolute atomic E-state index is 0.0647. The van der Waals surface area contributed by atoms with Crippen LogP contribution in [0.2, 0.25) is 0 Å². The average molecular weight is 258 g/mol. The van der Waals surface area contributed by atoms with E-state index >= 15 is 0 Å². The van der Waals surface area contributed by atoms with Gasteiger partial charge in [0, 0.05) is 19.6 Å². The largest absolute Gasteiger partial charge is 0.378 e. The number of nitrogens with zero attached hydrogens (tertiary/aromatic N) is 3. The Morgan fingerprint density at radius 3 is 2.94 bits per heavy atom. The number of aryl methyl sites for hydroxylation is 1. The molecule has 0 saturated carbocycles. The molecule has 0 aliphatic carbocycles. The van der Waals surface area contributed by atoms with Crippen LogP contribution < -0.4 is 0 Å². The molecule has 1 saturated heterocycles. The number of hydrogen-bond acceptors (Lipinski definition) is 3. The molecule has 17 heavy (non-hydrogen) atoms. The van der Waals surface area contributed by atoms with Crippen molar-refractivity contribution in [2.24, 2.45) is 0 Å². The molecule has 1 unspecified atom stereocenters. The molecule has 0 radical (unpaired) electrons. The van der Waals surface area contributed by atoms with E-state index in [9.17, 15) is 4.79 Å². The molecule has 0 spiro atoms. The van der Waals surface area contributed by atoms with E-state index in [4.69, 9.17) is 16.3 Å². The van der Waals surface area contributed by atoms with Gasteiger partial charge in [-0.15, -0.1) is 11.6 Å². The van der Waals surface area contributed by atoms with Gasteiger partial charge in [0.05, 0.1) is 31.4 Å². The molecule has 6 heteroatoms. The zero-order valence-electron chi connectivity index (χ0n) is 9.80. The Kier molecular flexibility index (Phi) is 4.02. The number of morpholine rings is 1. The molecule has 2 rings (SSSR count). The Balaban J connectivity index is 2.08. The lowest BCUT2D eigenvalue weighted by Crippen LogP contribution is -2.42. The van der Waals surface area contributed by atoms with Crippen LogP contribution in [0.15, 0.2) is 12.5 Å². The summed E-state index contributed by atoms with van der Waals surface area (Å²) in [4.78, 5) is 17.9. The quantitative estimate of drug-likeness (QED) is 0.761. The van der Waals surface area contributed by atoms with Gasteiger partial charge in [0.1, 0.15) is 0 Å². The first-order valence-corrected chi connectivity index (χ1v) is 6.18. The van der Waals surface area contributed by atoms with Gasteiger partial charge in [-0.05, 0) is 6.92 Å². The van der Waals surface area contributed by atoms with Gasteiger partial charge >= 0.3 is 0 Å². The summed E-state index contributed by atoms with van der Waals surface area (Å²) in [5, 5.41) is -0.657. The average Bonchev–Trinajstić information content (AvgIpc) is 2.86. The van der Waals surface area contributed by atoms with Crippen molar-refractivity contribution in [1.29, 1.82) is 0 Å². The predicted octanol–water partition coefficient (Wildman–Crippen LogP) is 1.04. The van der Waals surface area contributed by atoms with Crippen molar-refractivity contribution in [2.45, 2.75) is 18.8 Å². The van der Waals surface area contributed by atoms with Crippen LogP contribution in [-0.2, 0) is 16.1 Å². The Morgan fingerprint density at radius 1 is 1.59 bits per heavy atom. The van der Waals surface area contributed by atoms with Gasteiger partial charge in [-0.1, -0.05) is 0 Å². The zero-order valence-corrected chi connectivity index (χ0v) is 10.6. The van der Waals surface area contributed by atoms with Gasteiger partial charge in [0.2, 0.25) is 5.91 Å². The SMILES string of the molecule is CCn1cncc1C(Cl)C(=O)N1CCOCC1. The van der Waals surface area contributed by atoms with Gasteiger partial charge in [0.15, 0.2) is 5.38 Å². The van der Waals surface area contributed by atoms with Crippen molar-refractivity contribution in [3.63, 3.8) is 0 Å². The second-order valence-electron chi connectivity index (χ2n) is 3.90. The topological polar surface area (TPSA) is 47.4 Å². The van der Waals surface area contributed by atoms with Gasteiger partial charge in [0.25, 0.3) is 0 Å². The highest BCUT2D eigenvalue weighted by Crippen LogP contribution is 2.23. The third-order valence-corrected chi connectivity index (χ3v) is 3.29. The van der Waals surface area contributed by atoms with E-state index in [0.29, 0.717) is 26.3 Å². The molecule has 1 aliphatic heterocycles. The van der Waals surface area contributed by atoms with Gasteiger partial charge < -0.3 is 14.2 Å². The fraction of sp³-hybridized carbons (Fsp3) is 0.636. The van der Waals surface area contributed by atoms with Crippen LogP contribution in [0.4, 0.5) is 0 Å². The lowest BCUT2D eigenvalue weighted by Gasteiger charge is -2.28. The van der Waals surface area contributed by atoms with Crippen LogP contribution in [0.25, 0.3) is 0 Å². The van der Waals surface area contributed by atoms with Crippen LogP contribution in [0, 0.1) is 0 Å². The van der Waals surface area contributed by atoms with Gasteiger partial charge in [-0.25, -0.2) is 4.98 Å². The van der Waals surface area contributed by atoms with E-state index in [2.05, 4.69) is 4.98 Å². The zero-order chi connectivity index (χ0) is 12.3. The summed E-state index contributed by atoms with van der Waals surface area (Å²) in [5.41, 5.74) is 0.755. The molecule has 1 fully saturated rings. The van der Waals surface area contributed by atoms with Crippen LogP contribution >= 0.6 is 11.6 Å². The Hall–Kier alpha value is -1.07. The van der Waals surface area contributed by atoms with E-state index < -0.39 is 5.38 Å². The molecule has 94 valence electrons. The molecule has 1 aromatic rings. The number of alkyl halides is 1. The molecule has 5 nitrogen and oxygen atoms in total. The van der Waals surface area contributed by atoms with Crippen LogP contribution in [0.5, 0.6) is 0 Å². The lowest BCUT2D eigenvalue weighted by molar-refractivity contribution is -0.135. The monoisotopic (exact) mass is 257 g/mol.